The van der Waals surface area contributed by atoms with Crippen molar-refractivity contribution in [3.63, 3.8) is 0 Å². The number of para-hydroxylation sites is 2. The Kier molecular flexibility index (Phi) is 3.88. The van der Waals surface area contributed by atoms with Crippen LogP contribution in [0, 0.1) is 0 Å². The fourth-order valence-electron chi connectivity index (χ4n) is 2.67. The maximum absolute atomic E-state index is 12.2. The zero-order chi connectivity index (χ0) is 14.7. The van der Waals surface area contributed by atoms with E-state index in [2.05, 4.69) is 5.32 Å². The van der Waals surface area contributed by atoms with Crippen LogP contribution in [-0.2, 0) is 4.79 Å². The van der Waals surface area contributed by atoms with Crippen molar-refractivity contribution in [2.45, 2.75) is 12.5 Å². The Morgan fingerprint density at radius 1 is 1.14 bits per heavy atom. The van der Waals surface area contributed by atoms with Gasteiger partial charge in [0.2, 0.25) is 5.91 Å². The first-order chi connectivity index (χ1) is 10.2. The predicted molar refractivity (Wildman–Crippen MR) is 83.3 cm³/mol. The molecule has 0 radical (unpaired) electrons. The van der Waals surface area contributed by atoms with Gasteiger partial charge in [-0.05, 0) is 24.6 Å². The maximum atomic E-state index is 12.2. The van der Waals surface area contributed by atoms with Crippen LogP contribution in [0.3, 0.4) is 0 Å². The highest BCUT2D eigenvalue weighted by molar-refractivity contribution is 5.94. The Labute approximate surface area is 124 Å². The quantitative estimate of drug-likeness (QED) is 0.909. The summed E-state index contributed by atoms with van der Waals surface area (Å²) in [7, 11) is 0. The fraction of sp³-hybridized carbons (Fsp3) is 0.235. The molecule has 1 atom stereocenters. The van der Waals surface area contributed by atoms with Gasteiger partial charge in [0, 0.05) is 23.5 Å². The zero-order valence-electron chi connectivity index (χ0n) is 11.7. The molecule has 0 saturated carbocycles. The number of amides is 1. The van der Waals surface area contributed by atoms with Crippen LogP contribution >= 0.6 is 0 Å². The van der Waals surface area contributed by atoms with Gasteiger partial charge in [-0.15, -0.1) is 0 Å². The number of nitrogens with zero attached hydrogens (tertiary/aromatic N) is 1. The summed E-state index contributed by atoms with van der Waals surface area (Å²) in [5.74, 6) is -0.0487. The largest absolute Gasteiger partial charge is 0.388 e. The summed E-state index contributed by atoms with van der Waals surface area (Å²) >= 11 is 0. The smallest absolute Gasteiger partial charge is 0.243 e. The Balaban J connectivity index is 1.71. The van der Waals surface area contributed by atoms with Crippen LogP contribution in [0.25, 0.3) is 0 Å². The number of nitrogens with one attached hydrogen (secondary N) is 1. The Morgan fingerprint density at radius 3 is 2.67 bits per heavy atom. The molecule has 2 aromatic rings. The predicted octanol–water partition coefficient (Wildman–Crippen LogP) is 2.57. The third kappa shape index (κ3) is 3.06. The van der Waals surface area contributed by atoms with Crippen LogP contribution in [0.1, 0.15) is 18.1 Å². The molecule has 0 aromatic heterocycles. The van der Waals surface area contributed by atoms with Gasteiger partial charge in [0.25, 0.3) is 0 Å². The summed E-state index contributed by atoms with van der Waals surface area (Å²) in [6.07, 6.45) is 0.213. The van der Waals surface area contributed by atoms with Gasteiger partial charge in [-0.25, -0.2) is 0 Å². The standard InChI is InChI=1S/C17H18N2O2/c20-16-10-11-19(15-9-5-4-8-14(15)16)12-17(21)18-13-6-2-1-3-7-13/h1-9,16,20H,10-12H2,(H,18,21). The molecule has 0 spiro atoms. The van der Waals surface area contributed by atoms with Crippen LogP contribution < -0.4 is 10.2 Å². The number of benzene rings is 2. The number of carbonyl (C=O) groups excluding carboxylic acids is 1. The lowest BCUT2D eigenvalue weighted by molar-refractivity contribution is -0.115. The van der Waals surface area contributed by atoms with Gasteiger partial charge >= 0.3 is 0 Å². The number of aliphatic hydroxyl groups excluding tert-OH is 1. The van der Waals surface area contributed by atoms with E-state index in [1.807, 2.05) is 59.5 Å². The van der Waals surface area contributed by atoms with Gasteiger partial charge in [-0.3, -0.25) is 4.79 Å². The molecule has 2 aromatic carbocycles. The van der Waals surface area contributed by atoms with Crippen LogP contribution in [0.5, 0.6) is 0 Å². The molecule has 1 unspecified atom stereocenters. The Hall–Kier alpha value is -2.33. The lowest BCUT2D eigenvalue weighted by atomic mass is 9.99. The average molecular weight is 282 g/mol. The van der Waals surface area contributed by atoms with Gasteiger partial charge in [-0.2, -0.15) is 0 Å². The summed E-state index contributed by atoms with van der Waals surface area (Å²) in [5, 5.41) is 12.9. The molecule has 4 nitrogen and oxygen atoms in total. The monoisotopic (exact) mass is 282 g/mol. The topological polar surface area (TPSA) is 52.6 Å². The molecule has 0 saturated heterocycles. The van der Waals surface area contributed by atoms with Gasteiger partial charge in [0.05, 0.1) is 12.6 Å². The highest BCUT2D eigenvalue weighted by Crippen LogP contribution is 2.33. The molecular weight excluding hydrogens is 264 g/mol. The number of carbonyl (C=O) groups is 1. The van der Waals surface area contributed by atoms with Gasteiger partial charge in [0.1, 0.15) is 0 Å². The summed E-state index contributed by atoms with van der Waals surface area (Å²) in [5.41, 5.74) is 2.64. The highest BCUT2D eigenvalue weighted by Gasteiger charge is 2.24. The second-order valence-corrected chi connectivity index (χ2v) is 5.20. The third-order valence-electron chi connectivity index (χ3n) is 3.70. The maximum Gasteiger partial charge on any atom is 0.243 e. The molecule has 1 aliphatic heterocycles. The number of hydrogen-bond acceptors (Lipinski definition) is 3. The Morgan fingerprint density at radius 2 is 1.86 bits per heavy atom. The number of fused-ring (bicyclic) bond motifs is 1. The summed E-state index contributed by atoms with van der Waals surface area (Å²) < 4.78 is 0. The van der Waals surface area contributed by atoms with E-state index in [4.69, 9.17) is 0 Å². The number of hydrogen-bond donors (Lipinski definition) is 2. The molecule has 108 valence electrons. The first-order valence-electron chi connectivity index (χ1n) is 7.11. The van der Waals surface area contributed by atoms with Crippen LogP contribution in [0.15, 0.2) is 54.6 Å². The molecule has 1 aliphatic rings. The van der Waals surface area contributed by atoms with Crippen molar-refractivity contribution >= 4 is 17.3 Å². The first-order valence-corrected chi connectivity index (χ1v) is 7.11. The van der Waals surface area contributed by atoms with E-state index >= 15 is 0 Å². The lowest BCUT2D eigenvalue weighted by Crippen LogP contribution is -2.37. The minimum absolute atomic E-state index is 0.0487. The van der Waals surface area contributed by atoms with E-state index in [-0.39, 0.29) is 5.91 Å². The third-order valence-corrected chi connectivity index (χ3v) is 3.70. The first kappa shape index (κ1) is 13.6. The van der Waals surface area contributed by atoms with Crippen molar-refractivity contribution in [3.05, 3.63) is 60.2 Å². The minimum atomic E-state index is -0.436. The highest BCUT2D eigenvalue weighted by atomic mass is 16.3. The molecule has 0 fully saturated rings. The van der Waals surface area contributed by atoms with Crippen LogP contribution in [0.2, 0.25) is 0 Å². The van der Waals surface area contributed by atoms with Crippen molar-refractivity contribution in [2.75, 3.05) is 23.3 Å². The van der Waals surface area contributed by atoms with Crippen molar-refractivity contribution in [1.82, 2.24) is 0 Å². The van der Waals surface area contributed by atoms with E-state index in [0.717, 1.165) is 16.9 Å². The molecule has 0 bridgehead atoms. The second-order valence-electron chi connectivity index (χ2n) is 5.20. The fourth-order valence-corrected chi connectivity index (χ4v) is 2.67. The molecule has 0 aliphatic carbocycles. The number of rotatable bonds is 3. The van der Waals surface area contributed by atoms with Gasteiger partial charge in [0.15, 0.2) is 0 Å². The van der Waals surface area contributed by atoms with Crippen molar-refractivity contribution < 1.29 is 9.90 Å². The van der Waals surface area contributed by atoms with Crippen molar-refractivity contribution in [1.29, 1.82) is 0 Å². The normalized spacial score (nSPS) is 17.2. The molecule has 1 heterocycles. The SMILES string of the molecule is O=C(CN1CCC(O)c2ccccc21)Nc1ccccc1. The molecule has 1 amide bonds. The summed E-state index contributed by atoms with van der Waals surface area (Å²) in [6, 6.07) is 17.1. The zero-order valence-corrected chi connectivity index (χ0v) is 11.7. The molecule has 4 heteroatoms. The average Bonchev–Trinajstić information content (AvgIpc) is 2.51. The molecule has 21 heavy (non-hydrogen) atoms. The van der Waals surface area contributed by atoms with E-state index in [1.54, 1.807) is 0 Å². The van der Waals surface area contributed by atoms with E-state index in [9.17, 15) is 9.90 Å². The van der Waals surface area contributed by atoms with Gasteiger partial charge in [-0.1, -0.05) is 36.4 Å². The van der Waals surface area contributed by atoms with E-state index < -0.39 is 6.10 Å². The molecular formula is C17H18N2O2. The number of aliphatic hydroxyl groups is 1. The number of anilines is 2. The minimum Gasteiger partial charge on any atom is -0.388 e. The van der Waals surface area contributed by atoms with Crippen LogP contribution in [0.4, 0.5) is 11.4 Å². The van der Waals surface area contributed by atoms with Crippen molar-refractivity contribution in [3.8, 4) is 0 Å². The van der Waals surface area contributed by atoms with Gasteiger partial charge < -0.3 is 15.3 Å². The van der Waals surface area contributed by atoms with E-state index in [1.165, 1.54) is 0 Å². The van der Waals surface area contributed by atoms with Crippen molar-refractivity contribution in [2.24, 2.45) is 0 Å². The Bertz CT molecular complexity index is 628. The summed E-state index contributed by atoms with van der Waals surface area (Å²) in [4.78, 5) is 14.2. The molecule has 3 rings (SSSR count). The molecule has 2 N–H and O–H groups in total. The van der Waals surface area contributed by atoms with Crippen LogP contribution in [-0.4, -0.2) is 24.1 Å². The summed E-state index contributed by atoms with van der Waals surface area (Å²) in [6.45, 7) is 0.971. The lowest BCUT2D eigenvalue weighted by Gasteiger charge is -2.33. The second kappa shape index (κ2) is 5.97. The van der Waals surface area contributed by atoms with E-state index in [0.29, 0.717) is 19.5 Å².